The zero-order valence-corrected chi connectivity index (χ0v) is 13.0. The molecular formula is C15H10ClF3O3S. The first-order chi connectivity index (χ1) is 10.8. The van der Waals surface area contributed by atoms with Crippen LogP contribution in [0.1, 0.15) is 16.4 Å². The molecule has 1 aromatic heterocycles. The van der Waals surface area contributed by atoms with Gasteiger partial charge in [-0.25, -0.2) is 0 Å². The van der Waals surface area contributed by atoms with Crippen LogP contribution in [0.4, 0.5) is 13.2 Å². The first-order valence-electron chi connectivity index (χ1n) is 6.58. The molecule has 3 atom stereocenters. The van der Waals surface area contributed by atoms with E-state index < -0.39 is 30.1 Å². The molecule has 0 aliphatic carbocycles. The van der Waals surface area contributed by atoms with E-state index >= 15 is 0 Å². The van der Waals surface area contributed by atoms with Crippen LogP contribution in [0.3, 0.4) is 0 Å². The molecule has 0 saturated carbocycles. The summed E-state index contributed by atoms with van der Waals surface area (Å²) in [6.45, 7) is 0. The molecule has 1 aliphatic heterocycles. The van der Waals surface area contributed by atoms with Crippen LogP contribution in [0.15, 0.2) is 35.7 Å². The molecule has 1 aliphatic rings. The highest BCUT2D eigenvalue weighted by Gasteiger charge is 2.56. The minimum absolute atomic E-state index is 0.00706. The Kier molecular flexibility index (Phi) is 4.01. The summed E-state index contributed by atoms with van der Waals surface area (Å²) in [5, 5.41) is 11.4. The maximum atomic E-state index is 13.3. The van der Waals surface area contributed by atoms with Gasteiger partial charge in [-0.3, -0.25) is 4.79 Å². The van der Waals surface area contributed by atoms with E-state index in [4.69, 9.17) is 16.3 Å². The molecule has 0 spiro atoms. The lowest BCUT2D eigenvalue weighted by atomic mass is 9.78. The van der Waals surface area contributed by atoms with Gasteiger partial charge in [0.1, 0.15) is 11.7 Å². The SMILES string of the molecule is O=C(O)[C@@H]1C(c2cccs2)c2cc(Cl)ccc2O[C@@H]1C(F)(F)F. The predicted octanol–water partition coefficient (Wildman–Crippen LogP) is 4.56. The molecule has 2 aromatic rings. The van der Waals surface area contributed by atoms with Gasteiger partial charge in [0.15, 0.2) is 0 Å². The summed E-state index contributed by atoms with van der Waals surface area (Å²) in [7, 11) is 0. The van der Waals surface area contributed by atoms with Crippen LogP contribution in [-0.2, 0) is 4.79 Å². The highest BCUT2D eigenvalue weighted by atomic mass is 35.5. The molecule has 0 saturated heterocycles. The van der Waals surface area contributed by atoms with E-state index in [1.165, 1.54) is 29.5 Å². The summed E-state index contributed by atoms with van der Waals surface area (Å²) in [4.78, 5) is 12.1. The number of ether oxygens (including phenoxy) is 1. The minimum atomic E-state index is -4.80. The van der Waals surface area contributed by atoms with Gasteiger partial charge < -0.3 is 9.84 Å². The van der Waals surface area contributed by atoms with Crippen LogP contribution in [0.25, 0.3) is 0 Å². The Morgan fingerprint density at radius 1 is 1.30 bits per heavy atom. The van der Waals surface area contributed by atoms with Crippen molar-refractivity contribution in [2.24, 2.45) is 5.92 Å². The van der Waals surface area contributed by atoms with Crippen molar-refractivity contribution in [1.29, 1.82) is 0 Å². The van der Waals surface area contributed by atoms with Crippen LogP contribution in [0.5, 0.6) is 5.75 Å². The number of halogens is 4. The summed E-state index contributed by atoms with van der Waals surface area (Å²) < 4.78 is 45.0. The number of carboxylic acids is 1. The minimum Gasteiger partial charge on any atom is -0.481 e. The summed E-state index contributed by atoms with van der Waals surface area (Å²) in [5.41, 5.74) is 0.354. The Morgan fingerprint density at radius 2 is 2.04 bits per heavy atom. The molecule has 0 bridgehead atoms. The van der Waals surface area contributed by atoms with Gasteiger partial charge in [0.05, 0.1) is 0 Å². The Balaban J connectivity index is 2.22. The molecule has 3 rings (SSSR count). The van der Waals surface area contributed by atoms with E-state index in [2.05, 4.69) is 0 Å². The van der Waals surface area contributed by atoms with Crippen LogP contribution < -0.4 is 4.74 Å². The van der Waals surface area contributed by atoms with Gasteiger partial charge in [-0.05, 0) is 29.6 Å². The van der Waals surface area contributed by atoms with E-state index in [1.54, 1.807) is 17.5 Å². The normalized spacial score (nSPS) is 23.9. The fourth-order valence-corrected chi connectivity index (χ4v) is 3.86. The molecule has 23 heavy (non-hydrogen) atoms. The highest BCUT2D eigenvalue weighted by molar-refractivity contribution is 7.10. The average molecular weight is 363 g/mol. The van der Waals surface area contributed by atoms with Gasteiger partial charge in [0.25, 0.3) is 0 Å². The Bertz CT molecular complexity index is 730. The van der Waals surface area contributed by atoms with Crippen molar-refractivity contribution in [3.8, 4) is 5.75 Å². The molecule has 8 heteroatoms. The Morgan fingerprint density at radius 3 is 2.61 bits per heavy atom. The molecule has 1 unspecified atom stereocenters. The lowest BCUT2D eigenvalue weighted by molar-refractivity contribution is -0.219. The van der Waals surface area contributed by atoms with Crippen LogP contribution >= 0.6 is 22.9 Å². The zero-order chi connectivity index (χ0) is 16.8. The first kappa shape index (κ1) is 16.1. The van der Waals surface area contributed by atoms with E-state index in [9.17, 15) is 23.1 Å². The standard InChI is InChI=1S/C15H10ClF3O3S/c16-7-3-4-9-8(6-7)11(10-2-1-5-23-10)12(14(20)21)13(22-9)15(17,18)19/h1-6,11-13H,(H,20,21)/t11?,12-,13+/m1/s1. The molecule has 3 nitrogen and oxygen atoms in total. The first-order valence-corrected chi connectivity index (χ1v) is 7.84. The Hall–Kier alpha value is -1.73. The van der Waals surface area contributed by atoms with Crippen LogP contribution in [-0.4, -0.2) is 23.4 Å². The summed E-state index contributed by atoms with van der Waals surface area (Å²) in [6.07, 6.45) is -7.21. The van der Waals surface area contributed by atoms with Crippen LogP contribution in [0.2, 0.25) is 5.02 Å². The number of benzene rings is 1. The third-order valence-electron chi connectivity index (χ3n) is 3.70. The lowest BCUT2D eigenvalue weighted by Crippen LogP contribution is -2.49. The number of rotatable bonds is 2. The fraction of sp³-hybridized carbons (Fsp3) is 0.267. The maximum Gasteiger partial charge on any atom is 0.426 e. The molecule has 1 N–H and O–H groups in total. The molecule has 0 radical (unpaired) electrons. The second kappa shape index (κ2) is 5.72. The van der Waals surface area contributed by atoms with E-state index in [-0.39, 0.29) is 5.75 Å². The van der Waals surface area contributed by atoms with Gasteiger partial charge >= 0.3 is 12.1 Å². The quantitative estimate of drug-likeness (QED) is 0.852. The van der Waals surface area contributed by atoms with Gasteiger partial charge in [-0.2, -0.15) is 13.2 Å². The van der Waals surface area contributed by atoms with Gasteiger partial charge in [-0.15, -0.1) is 11.3 Å². The second-order valence-corrected chi connectivity index (χ2v) is 6.54. The van der Waals surface area contributed by atoms with Crippen molar-refractivity contribution < 1.29 is 27.8 Å². The number of hydrogen-bond acceptors (Lipinski definition) is 3. The summed E-state index contributed by atoms with van der Waals surface area (Å²) >= 11 is 7.14. The van der Waals surface area contributed by atoms with Crippen LogP contribution in [0, 0.1) is 5.92 Å². The molecule has 0 amide bonds. The number of hydrogen-bond donors (Lipinski definition) is 1. The lowest BCUT2D eigenvalue weighted by Gasteiger charge is -2.37. The van der Waals surface area contributed by atoms with Crippen molar-refractivity contribution in [3.63, 3.8) is 0 Å². The van der Waals surface area contributed by atoms with Gasteiger partial charge in [0, 0.05) is 21.4 Å². The molecule has 122 valence electrons. The number of fused-ring (bicyclic) bond motifs is 1. The summed E-state index contributed by atoms with van der Waals surface area (Å²) in [5.74, 6) is -4.30. The zero-order valence-electron chi connectivity index (χ0n) is 11.4. The van der Waals surface area contributed by atoms with Crippen molar-refractivity contribution >= 4 is 28.9 Å². The van der Waals surface area contributed by atoms with Crippen molar-refractivity contribution in [3.05, 3.63) is 51.2 Å². The Labute approximate surface area is 138 Å². The second-order valence-electron chi connectivity index (χ2n) is 5.12. The number of aliphatic carboxylic acids is 1. The fourth-order valence-electron chi connectivity index (χ4n) is 2.79. The smallest absolute Gasteiger partial charge is 0.426 e. The van der Waals surface area contributed by atoms with Gasteiger partial charge in [0.2, 0.25) is 6.10 Å². The van der Waals surface area contributed by atoms with E-state index in [0.717, 1.165) is 0 Å². The highest BCUT2D eigenvalue weighted by Crippen LogP contribution is 2.49. The van der Waals surface area contributed by atoms with E-state index in [0.29, 0.717) is 15.5 Å². The number of alkyl halides is 3. The van der Waals surface area contributed by atoms with Gasteiger partial charge in [-0.1, -0.05) is 17.7 Å². The topological polar surface area (TPSA) is 46.5 Å². The monoisotopic (exact) mass is 362 g/mol. The third-order valence-corrected chi connectivity index (χ3v) is 4.89. The van der Waals surface area contributed by atoms with E-state index in [1.807, 2.05) is 0 Å². The molecule has 2 heterocycles. The number of thiophene rings is 1. The predicted molar refractivity (Wildman–Crippen MR) is 79.2 cm³/mol. The number of carboxylic acid groups (broad SMARTS) is 1. The molecular weight excluding hydrogens is 353 g/mol. The maximum absolute atomic E-state index is 13.3. The largest absolute Gasteiger partial charge is 0.481 e. The molecule has 0 fully saturated rings. The summed E-state index contributed by atoms with van der Waals surface area (Å²) in [6, 6.07) is 7.51. The number of carbonyl (C=O) groups is 1. The average Bonchev–Trinajstić information content (AvgIpc) is 2.97. The van der Waals surface area contributed by atoms with Crippen molar-refractivity contribution in [2.45, 2.75) is 18.2 Å². The third kappa shape index (κ3) is 2.90. The van der Waals surface area contributed by atoms with Crippen molar-refractivity contribution in [2.75, 3.05) is 0 Å². The molecule has 1 aromatic carbocycles. The van der Waals surface area contributed by atoms with Crippen molar-refractivity contribution in [1.82, 2.24) is 0 Å².